The monoisotopic (exact) mass is 262 g/mol. The number of nitrogen functional groups attached to an aromatic ring is 1. The van der Waals surface area contributed by atoms with Gasteiger partial charge in [-0.15, -0.1) is 0 Å². The van der Waals surface area contributed by atoms with Crippen molar-refractivity contribution in [3.8, 4) is 0 Å². The number of rotatable bonds is 7. The molecule has 2 N–H and O–H groups in total. The zero-order valence-corrected chi connectivity index (χ0v) is 13.2. The minimum Gasteiger partial charge on any atom is -0.399 e. The summed E-state index contributed by atoms with van der Waals surface area (Å²) in [6.45, 7) is 14.9. The van der Waals surface area contributed by atoms with E-state index in [-0.39, 0.29) is 5.41 Å². The van der Waals surface area contributed by atoms with Crippen LogP contribution in [0, 0.1) is 5.92 Å². The van der Waals surface area contributed by atoms with Crippen LogP contribution in [-0.4, -0.2) is 24.5 Å². The van der Waals surface area contributed by atoms with Crippen LogP contribution in [0.15, 0.2) is 24.3 Å². The molecule has 2 heteroatoms. The molecular weight excluding hydrogens is 232 g/mol. The molecule has 2 nitrogen and oxygen atoms in total. The van der Waals surface area contributed by atoms with Gasteiger partial charge in [0.2, 0.25) is 0 Å². The molecule has 0 amide bonds. The highest BCUT2D eigenvalue weighted by Crippen LogP contribution is 2.25. The van der Waals surface area contributed by atoms with Crippen molar-refractivity contribution >= 4 is 5.69 Å². The summed E-state index contributed by atoms with van der Waals surface area (Å²) < 4.78 is 0. The lowest BCUT2D eigenvalue weighted by atomic mass is 9.83. The maximum absolute atomic E-state index is 5.77. The van der Waals surface area contributed by atoms with Crippen molar-refractivity contribution in [3.05, 3.63) is 29.8 Å². The quantitative estimate of drug-likeness (QED) is 0.755. The molecular formula is C17H30N2. The first-order valence-corrected chi connectivity index (χ1v) is 7.47. The number of hydrogen-bond acceptors (Lipinski definition) is 2. The molecule has 1 rings (SSSR count). The Kier molecular flexibility index (Phi) is 5.86. The number of likely N-dealkylation sites (N-methyl/N-ethyl adjacent to an activating group) is 1. The molecule has 1 aromatic carbocycles. The Morgan fingerprint density at radius 2 is 1.74 bits per heavy atom. The summed E-state index contributed by atoms with van der Waals surface area (Å²) in [5.41, 5.74) is 8.14. The van der Waals surface area contributed by atoms with Crippen molar-refractivity contribution in [2.24, 2.45) is 5.92 Å². The Labute approximate surface area is 119 Å². The number of nitrogens with two attached hydrogens (primary N) is 1. The minimum absolute atomic E-state index is 0.164. The largest absolute Gasteiger partial charge is 0.399 e. The van der Waals surface area contributed by atoms with Crippen LogP contribution in [0.5, 0.6) is 0 Å². The van der Waals surface area contributed by atoms with E-state index in [4.69, 9.17) is 5.73 Å². The first-order valence-electron chi connectivity index (χ1n) is 7.47. The third-order valence-electron chi connectivity index (χ3n) is 4.03. The number of hydrogen-bond donors (Lipinski definition) is 1. The number of benzene rings is 1. The van der Waals surface area contributed by atoms with E-state index in [0.29, 0.717) is 0 Å². The summed E-state index contributed by atoms with van der Waals surface area (Å²) in [4.78, 5) is 2.56. The molecule has 0 aliphatic carbocycles. The van der Waals surface area contributed by atoms with E-state index in [1.165, 1.54) is 18.5 Å². The molecule has 0 saturated heterocycles. The Hall–Kier alpha value is -1.02. The third-order valence-corrected chi connectivity index (χ3v) is 4.03. The van der Waals surface area contributed by atoms with Gasteiger partial charge in [-0.2, -0.15) is 0 Å². The van der Waals surface area contributed by atoms with Crippen LogP contribution in [0.25, 0.3) is 0 Å². The van der Waals surface area contributed by atoms with E-state index in [1.54, 1.807) is 0 Å². The Morgan fingerprint density at radius 3 is 2.21 bits per heavy atom. The molecule has 0 aromatic heterocycles. The Bertz CT molecular complexity index is 367. The predicted octanol–water partition coefficient (Wildman–Crippen LogP) is 3.91. The van der Waals surface area contributed by atoms with Gasteiger partial charge in [-0.3, -0.25) is 0 Å². The lowest BCUT2D eigenvalue weighted by molar-refractivity contribution is 0.204. The third kappa shape index (κ3) is 4.87. The molecule has 0 saturated carbocycles. The molecule has 108 valence electrons. The van der Waals surface area contributed by atoms with Gasteiger partial charge in [0, 0.05) is 24.2 Å². The molecule has 0 aliphatic rings. The first kappa shape index (κ1) is 16.0. The molecule has 0 fully saturated rings. The second kappa shape index (κ2) is 6.95. The summed E-state index contributed by atoms with van der Waals surface area (Å²) in [6, 6.07) is 8.32. The second-order valence-electron chi connectivity index (χ2n) is 6.35. The smallest absolute Gasteiger partial charge is 0.0314 e. The van der Waals surface area contributed by atoms with E-state index in [9.17, 15) is 0 Å². The normalized spacial score (nSPS) is 13.8. The molecule has 0 spiro atoms. The highest BCUT2D eigenvalue weighted by Gasteiger charge is 2.23. The standard InChI is InChI=1S/C17H30N2/c1-6-14(3)12-19(7-2)13-17(4,5)15-8-10-16(18)11-9-15/h8-11,14H,6-7,12-13,18H2,1-5H3. The van der Waals surface area contributed by atoms with Crippen molar-refractivity contribution < 1.29 is 0 Å². The van der Waals surface area contributed by atoms with Crippen LogP contribution in [0.2, 0.25) is 0 Å². The van der Waals surface area contributed by atoms with Crippen molar-refractivity contribution in [2.75, 3.05) is 25.4 Å². The lowest BCUT2D eigenvalue weighted by Gasteiger charge is -2.34. The lowest BCUT2D eigenvalue weighted by Crippen LogP contribution is -2.39. The fourth-order valence-corrected chi connectivity index (χ4v) is 2.46. The topological polar surface area (TPSA) is 29.3 Å². The summed E-state index contributed by atoms with van der Waals surface area (Å²) in [5.74, 6) is 0.766. The molecule has 1 unspecified atom stereocenters. The number of anilines is 1. The Balaban J connectivity index is 2.73. The van der Waals surface area contributed by atoms with Gasteiger partial charge in [0.15, 0.2) is 0 Å². The minimum atomic E-state index is 0.164. The van der Waals surface area contributed by atoms with Gasteiger partial charge in [0.05, 0.1) is 0 Å². The summed E-state index contributed by atoms with van der Waals surface area (Å²) in [6.07, 6.45) is 1.25. The second-order valence-corrected chi connectivity index (χ2v) is 6.35. The molecule has 1 aromatic rings. The maximum Gasteiger partial charge on any atom is 0.0314 e. The van der Waals surface area contributed by atoms with E-state index in [2.05, 4.69) is 51.7 Å². The van der Waals surface area contributed by atoms with Crippen molar-refractivity contribution in [1.82, 2.24) is 4.90 Å². The van der Waals surface area contributed by atoms with Gasteiger partial charge >= 0.3 is 0 Å². The molecule has 1 atom stereocenters. The SMILES string of the molecule is CCC(C)CN(CC)CC(C)(C)c1ccc(N)cc1. The molecule has 0 heterocycles. The highest BCUT2D eigenvalue weighted by molar-refractivity contribution is 5.41. The molecule has 0 bridgehead atoms. The van der Waals surface area contributed by atoms with E-state index < -0.39 is 0 Å². The van der Waals surface area contributed by atoms with Crippen LogP contribution >= 0.6 is 0 Å². The first-order chi connectivity index (χ1) is 8.89. The van der Waals surface area contributed by atoms with Gasteiger partial charge in [0.1, 0.15) is 0 Å². The van der Waals surface area contributed by atoms with Crippen molar-refractivity contribution in [1.29, 1.82) is 0 Å². The van der Waals surface area contributed by atoms with Gasteiger partial charge < -0.3 is 10.6 Å². The molecule has 19 heavy (non-hydrogen) atoms. The summed E-state index contributed by atoms with van der Waals surface area (Å²) in [5, 5.41) is 0. The van der Waals surface area contributed by atoms with Crippen LogP contribution in [0.3, 0.4) is 0 Å². The van der Waals surface area contributed by atoms with Gasteiger partial charge in [-0.05, 0) is 30.2 Å². The number of nitrogens with zero attached hydrogens (tertiary/aromatic N) is 1. The molecule has 0 radical (unpaired) electrons. The van der Waals surface area contributed by atoms with Crippen molar-refractivity contribution in [3.63, 3.8) is 0 Å². The maximum atomic E-state index is 5.77. The predicted molar refractivity (Wildman–Crippen MR) is 85.4 cm³/mol. The van der Waals surface area contributed by atoms with Gasteiger partial charge in [0.25, 0.3) is 0 Å². The summed E-state index contributed by atoms with van der Waals surface area (Å²) in [7, 11) is 0. The van der Waals surface area contributed by atoms with E-state index in [0.717, 1.165) is 24.7 Å². The van der Waals surface area contributed by atoms with Crippen LogP contribution < -0.4 is 5.73 Å². The fourth-order valence-electron chi connectivity index (χ4n) is 2.46. The van der Waals surface area contributed by atoms with E-state index in [1.807, 2.05) is 12.1 Å². The average molecular weight is 262 g/mol. The zero-order chi connectivity index (χ0) is 14.5. The van der Waals surface area contributed by atoms with Gasteiger partial charge in [-0.25, -0.2) is 0 Å². The molecule has 0 aliphatic heterocycles. The zero-order valence-electron chi connectivity index (χ0n) is 13.2. The van der Waals surface area contributed by atoms with E-state index >= 15 is 0 Å². The highest BCUT2D eigenvalue weighted by atomic mass is 15.1. The average Bonchev–Trinajstić information content (AvgIpc) is 2.38. The summed E-state index contributed by atoms with van der Waals surface area (Å²) >= 11 is 0. The van der Waals surface area contributed by atoms with Crippen LogP contribution in [0.4, 0.5) is 5.69 Å². The van der Waals surface area contributed by atoms with Gasteiger partial charge in [-0.1, -0.05) is 53.2 Å². The Morgan fingerprint density at radius 1 is 1.16 bits per heavy atom. The fraction of sp³-hybridized carbons (Fsp3) is 0.647. The van der Waals surface area contributed by atoms with Crippen LogP contribution in [-0.2, 0) is 5.41 Å². The van der Waals surface area contributed by atoms with Crippen LogP contribution in [0.1, 0.15) is 46.6 Å². The van der Waals surface area contributed by atoms with Crippen molar-refractivity contribution in [2.45, 2.75) is 46.5 Å².